The first-order valence-corrected chi connectivity index (χ1v) is 9.03. The highest BCUT2D eigenvalue weighted by atomic mass is 16.2. The van der Waals surface area contributed by atoms with Gasteiger partial charge in [0.05, 0.1) is 0 Å². The molecule has 1 fully saturated rings. The van der Waals surface area contributed by atoms with Gasteiger partial charge in [-0.05, 0) is 74.1 Å². The molecule has 0 aromatic heterocycles. The van der Waals surface area contributed by atoms with Gasteiger partial charge in [0.1, 0.15) is 0 Å². The Morgan fingerprint density at radius 2 is 1.68 bits per heavy atom. The summed E-state index contributed by atoms with van der Waals surface area (Å²) in [6, 6.07) is 13.7. The molecule has 128 valence electrons. The van der Waals surface area contributed by atoms with Crippen LogP contribution in [0.2, 0.25) is 0 Å². The van der Waals surface area contributed by atoms with Gasteiger partial charge in [-0.3, -0.25) is 9.59 Å². The van der Waals surface area contributed by atoms with Crippen molar-refractivity contribution < 1.29 is 9.59 Å². The number of carbonyl (C=O) groups excluding carboxylic acids is 2. The number of rotatable bonds is 4. The van der Waals surface area contributed by atoms with E-state index in [-0.39, 0.29) is 17.6 Å². The Kier molecular flexibility index (Phi) is 4.26. The fourth-order valence-corrected chi connectivity index (χ4v) is 3.32. The Labute approximate surface area is 147 Å². The van der Waals surface area contributed by atoms with Crippen molar-refractivity contribution in [3.8, 4) is 0 Å². The fraction of sp³-hybridized carbons (Fsp3) is 0.333. The number of hydrogen-bond acceptors (Lipinski definition) is 3. The number of nitrogens with one attached hydrogen (secondary N) is 2. The topological polar surface area (TPSA) is 58.2 Å². The highest BCUT2D eigenvalue weighted by molar-refractivity contribution is 5.98. The molecule has 2 N–H and O–H groups in total. The number of carbonyl (C=O) groups is 2. The Hall–Kier alpha value is -2.62. The van der Waals surface area contributed by atoms with Gasteiger partial charge in [-0.1, -0.05) is 6.07 Å². The molecule has 1 amide bonds. The second-order valence-corrected chi connectivity index (χ2v) is 6.97. The molecule has 4 nitrogen and oxygen atoms in total. The van der Waals surface area contributed by atoms with Gasteiger partial charge in [0.2, 0.25) is 5.91 Å². The van der Waals surface area contributed by atoms with E-state index in [9.17, 15) is 9.59 Å². The Morgan fingerprint density at radius 3 is 2.52 bits per heavy atom. The first kappa shape index (κ1) is 15.9. The lowest BCUT2D eigenvalue weighted by atomic mass is 10.0. The van der Waals surface area contributed by atoms with Gasteiger partial charge >= 0.3 is 0 Å². The minimum Gasteiger partial charge on any atom is -0.355 e. The predicted molar refractivity (Wildman–Crippen MR) is 99.4 cm³/mol. The van der Waals surface area contributed by atoms with Crippen LogP contribution < -0.4 is 10.6 Å². The van der Waals surface area contributed by atoms with Crippen LogP contribution in [0.25, 0.3) is 0 Å². The van der Waals surface area contributed by atoms with Crippen LogP contribution in [-0.4, -0.2) is 11.7 Å². The summed E-state index contributed by atoms with van der Waals surface area (Å²) in [5.74, 6) is 0.559. The summed E-state index contributed by atoms with van der Waals surface area (Å²) in [6.07, 6.45) is 5.63. The minimum absolute atomic E-state index is 0.112. The zero-order valence-corrected chi connectivity index (χ0v) is 14.2. The molecule has 4 rings (SSSR count). The van der Waals surface area contributed by atoms with Crippen molar-refractivity contribution in [2.75, 3.05) is 10.6 Å². The van der Waals surface area contributed by atoms with Crippen LogP contribution in [0.15, 0.2) is 42.5 Å². The van der Waals surface area contributed by atoms with E-state index < -0.39 is 0 Å². The summed E-state index contributed by atoms with van der Waals surface area (Å²) in [5, 5.41) is 6.36. The van der Waals surface area contributed by atoms with Crippen molar-refractivity contribution in [2.24, 2.45) is 5.92 Å². The number of aryl methyl sites for hydroxylation is 1. The summed E-state index contributed by atoms with van der Waals surface area (Å²) in [7, 11) is 0. The molecule has 0 spiro atoms. The third kappa shape index (κ3) is 3.73. The van der Waals surface area contributed by atoms with E-state index in [0.717, 1.165) is 60.3 Å². The lowest BCUT2D eigenvalue weighted by molar-refractivity contribution is -0.117. The van der Waals surface area contributed by atoms with E-state index in [0.29, 0.717) is 6.42 Å². The number of anilines is 3. The first-order valence-electron chi connectivity index (χ1n) is 9.03. The van der Waals surface area contributed by atoms with Gasteiger partial charge in [-0.25, -0.2) is 0 Å². The van der Waals surface area contributed by atoms with Gasteiger partial charge < -0.3 is 10.6 Å². The van der Waals surface area contributed by atoms with Crippen molar-refractivity contribution in [2.45, 2.75) is 38.5 Å². The molecular formula is C21H22N2O2. The van der Waals surface area contributed by atoms with Crippen molar-refractivity contribution >= 4 is 28.8 Å². The van der Waals surface area contributed by atoms with E-state index >= 15 is 0 Å². The third-order valence-electron chi connectivity index (χ3n) is 4.87. The highest BCUT2D eigenvalue weighted by Crippen LogP contribution is 2.31. The molecule has 1 saturated carbocycles. The quantitative estimate of drug-likeness (QED) is 0.798. The molecule has 0 heterocycles. The standard InChI is InChI=1S/C21H22N2O2/c24-20-7-2-1-4-15-12-18(10-11-19(15)20)22-16-5-3-6-17(13-16)23-21(25)14-8-9-14/h3,5-6,10-14,22H,1-2,4,7-9H2,(H,23,25). The summed E-state index contributed by atoms with van der Waals surface area (Å²) in [4.78, 5) is 24.0. The highest BCUT2D eigenvalue weighted by Gasteiger charge is 2.29. The molecule has 4 heteroatoms. The van der Waals surface area contributed by atoms with Crippen molar-refractivity contribution in [3.05, 3.63) is 53.6 Å². The summed E-state index contributed by atoms with van der Waals surface area (Å²) in [6.45, 7) is 0. The lowest BCUT2D eigenvalue weighted by Gasteiger charge is -2.12. The van der Waals surface area contributed by atoms with Crippen LogP contribution in [-0.2, 0) is 11.2 Å². The van der Waals surface area contributed by atoms with E-state index in [1.54, 1.807) is 0 Å². The monoisotopic (exact) mass is 334 g/mol. The molecule has 2 aromatic carbocycles. The molecule has 25 heavy (non-hydrogen) atoms. The predicted octanol–water partition coefficient (Wildman–Crippen LogP) is 4.69. The average molecular weight is 334 g/mol. The molecule has 0 bridgehead atoms. The molecule has 0 saturated heterocycles. The van der Waals surface area contributed by atoms with Crippen LogP contribution in [0.1, 0.15) is 48.0 Å². The summed E-state index contributed by atoms with van der Waals surface area (Å²) < 4.78 is 0. The van der Waals surface area contributed by atoms with E-state index in [2.05, 4.69) is 16.7 Å². The van der Waals surface area contributed by atoms with E-state index in [4.69, 9.17) is 0 Å². The maximum absolute atomic E-state index is 12.1. The molecule has 0 atom stereocenters. The smallest absolute Gasteiger partial charge is 0.227 e. The van der Waals surface area contributed by atoms with Gasteiger partial charge in [0, 0.05) is 35.0 Å². The van der Waals surface area contributed by atoms with Gasteiger partial charge in [0.15, 0.2) is 5.78 Å². The van der Waals surface area contributed by atoms with Crippen molar-refractivity contribution in [1.82, 2.24) is 0 Å². The molecule has 2 aliphatic carbocycles. The van der Waals surface area contributed by atoms with Crippen LogP contribution in [0, 0.1) is 5.92 Å². The van der Waals surface area contributed by atoms with E-state index in [1.165, 1.54) is 0 Å². The van der Waals surface area contributed by atoms with Gasteiger partial charge in [-0.2, -0.15) is 0 Å². The molecule has 2 aliphatic rings. The number of hydrogen-bond donors (Lipinski definition) is 2. The zero-order chi connectivity index (χ0) is 17.2. The number of benzene rings is 2. The molecule has 0 unspecified atom stereocenters. The Bertz CT molecular complexity index is 824. The van der Waals surface area contributed by atoms with Crippen molar-refractivity contribution in [3.63, 3.8) is 0 Å². The second-order valence-electron chi connectivity index (χ2n) is 6.97. The largest absolute Gasteiger partial charge is 0.355 e. The maximum Gasteiger partial charge on any atom is 0.227 e. The maximum atomic E-state index is 12.1. The third-order valence-corrected chi connectivity index (χ3v) is 4.87. The van der Waals surface area contributed by atoms with Crippen LogP contribution in [0.5, 0.6) is 0 Å². The number of ketones is 1. The Balaban J connectivity index is 1.51. The number of Topliss-reactive ketones (excluding diaryl/α,β-unsaturated/α-hetero) is 1. The van der Waals surface area contributed by atoms with Gasteiger partial charge in [0.25, 0.3) is 0 Å². The zero-order valence-electron chi connectivity index (χ0n) is 14.2. The number of fused-ring (bicyclic) bond motifs is 1. The second kappa shape index (κ2) is 6.71. The van der Waals surface area contributed by atoms with Crippen LogP contribution in [0.4, 0.5) is 17.1 Å². The summed E-state index contributed by atoms with van der Waals surface area (Å²) in [5.41, 5.74) is 4.71. The average Bonchev–Trinajstić information content (AvgIpc) is 3.44. The van der Waals surface area contributed by atoms with Gasteiger partial charge in [-0.15, -0.1) is 0 Å². The SMILES string of the molecule is O=C1CCCCc2cc(Nc3cccc(NC(=O)C4CC4)c3)ccc21. The molecule has 0 aliphatic heterocycles. The van der Waals surface area contributed by atoms with Crippen LogP contribution >= 0.6 is 0 Å². The van der Waals surface area contributed by atoms with E-state index in [1.807, 2.05) is 36.4 Å². The fourth-order valence-electron chi connectivity index (χ4n) is 3.32. The first-order chi connectivity index (χ1) is 12.2. The molecular weight excluding hydrogens is 312 g/mol. The van der Waals surface area contributed by atoms with Crippen LogP contribution in [0.3, 0.4) is 0 Å². The lowest BCUT2D eigenvalue weighted by Crippen LogP contribution is -2.13. The molecule has 2 aromatic rings. The summed E-state index contributed by atoms with van der Waals surface area (Å²) >= 11 is 0. The van der Waals surface area contributed by atoms with Crippen molar-refractivity contribution in [1.29, 1.82) is 0 Å². The normalized spacial score (nSPS) is 16.7. The minimum atomic E-state index is 0.112. The number of amides is 1. The molecule has 0 radical (unpaired) electrons. The Morgan fingerprint density at radius 1 is 0.920 bits per heavy atom.